The van der Waals surface area contributed by atoms with Gasteiger partial charge >= 0.3 is 0 Å². The molecule has 25 heavy (non-hydrogen) atoms. The van der Waals surface area contributed by atoms with Crippen LogP contribution in [0, 0.1) is 3.57 Å². The molecule has 3 rings (SSSR count). The molecule has 126 valence electrons. The van der Waals surface area contributed by atoms with Crippen molar-refractivity contribution in [2.45, 2.75) is 12.5 Å². The predicted molar refractivity (Wildman–Crippen MR) is 105 cm³/mol. The third-order valence-corrected chi connectivity index (χ3v) is 4.60. The number of nitrogens with two attached hydrogens (primary N) is 1. The monoisotopic (exact) mass is 445 g/mol. The first-order chi connectivity index (χ1) is 12.0. The number of para-hydroxylation sites is 1. The lowest BCUT2D eigenvalue weighted by Crippen LogP contribution is -2.45. The summed E-state index contributed by atoms with van der Waals surface area (Å²) in [7, 11) is 0. The van der Waals surface area contributed by atoms with Crippen LogP contribution in [-0.4, -0.2) is 22.8 Å². The first kappa shape index (κ1) is 17.3. The van der Waals surface area contributed by atoms with E-state index in [2.05, 4.69) is 32.9 Å². The Morgan fingerprint density at radius 2 is 1.80 bits per heavy atom. The number of carbonyl (C=O) groups excluding carboxylic acids is 2. The maximum Gasteiger partial charge on any atom is 0.254 e. The smallest absolute Gasteiger partial charge is 0.254 e. The largest absolute Gasteiger partial charge is 0.368 e. The molecule has 0 unspecified atom stereocenters. The third-order valence-electron chi connectivity index (χ3n) is 3.88. The average molecular weight is 445 g/mol. The summed E-state index contributed by atoms with van der Waals surface area (Å²) in [6.45, 7) is 0. The molecule has 1 aromatic heterocycles. The van der Waals surface area contributed by atoms with Crippen LogP contribution in [0.2, 0.25) is 0 Å². The van der Waals surface area contributed by atoms with E-state index in [1.54, 1.807) is 18.3 Å². The minimum Gasteiger partial charge on any atom is -0.368 e. The summed E-state index contributed by atoms with van der Waals surface area (Å²) in [5.74, 6) is -0.932. The van der Waals surface area contributed by atoms with Gasteiger partial charge < -0.3 is 11.1 Å². The van der Waals surface area contributed by atoms with Crippen molar-refractivity contribution in [3.8, 4) is 0 Å². The predicted octanol–water partition coefficient (Wildman–Crippen LogP) is 2.67. The van der Waals surface area contributed by atoms with Gasteiger partial charge in [-0.2, -0.15) is 0 Å². The quantitative estimate of drug-likeness (QED) is 0.593. The maximum atomic E-state index is 12.7. The van der Waals surface area contributed by atoms with Gasteiger partial charge in [0, 0.05) is 21.6 Å². The summed E-state index contributed by atoms with van der Waals surface area (Å²) < 4.78 is 1.10. The molecule has 0 spiro atoms. The fourth-order valence-corrected chi connectivity index (χ4v) is 2.96. The van der Waals surface area contributed by atoms with E-state index in [1.165, 1.54) is 0 Å². The molecule has 6 heteroatoms. The fourth-order valence-electron chi connectivity index (χ4n) is 2.60. The van der Waals surface area contributed by atoms with Crippen molar-refractivity contribution in [3.63, 3.8) is 0 Å². The number of carbonyl (C=O) groups is 2. The number of hydrogen-bond acceptors (Lipinski definition) is 3. The molecule has 1 atom stereocenters. The van der Waals surface area contributed by atoms with Gasteiger partial charge in [0.15, 0.2) is 0 Å². The number of amides is 2. The van der Waals surface area contributed by atoms with E-state index in [1.807, 2.05) is 42.5 Å². The third kappa shape index (κ3) is 4.14. The van der Waals surface area contributed by atoms with Crippen molar-refractivity contribution in [3.05, 3.63) is 75.5 Å². The summed E-state index contributed by atoms with van der Waals surface area (Å²) in [6, 6.07) is 16.0. The Balaban J connectivity index is 1.83. The number of pyridine rings is 1. The zero-order valence-electron chi connectivity index (χ0n) is 13.3. The van der Waals surface area contributed by atoms with E-state index in [0.29, 0.717) is 17.5 Å². The van der Waals surface area contributed by atoms with Crippen LogP contribution in [0.3, 0.4) is 0 Å². The number of halogens is 1. The van der Waals surface area contributed by atoms with Crippen LogP contribution in [0.25, 0.3) is 10.9 Å². The van der Waals surface area contributed by atoms with Crippen molar-refractivity contribution in [1.82, 2.24) is 10.3 Å². The number of nitrogens with one attached hydrogen (secondary N) is 1. The first-order valence-corrected chi connectivity index (χ1v) is 8.81. The summed E-state index contributed by atoms with van der Waals surface area (Å²) in [6.07, 6.45) is 1.98. The Morgan fingerprint density at radius 1 is 1.08 bits per heavy atom. The highest BCUT2D eigenvalue weighted by Crippen LogP contribution is 2.16. The molecule has 0 aliphatic rings. The van der Waals surface area contributed by atoms with Crippen molar-refractivity contribution in [2.75, 3.05) is 0 Å². The van der Waals surface area contributed by atoms with Gasteiger partial charge in [0.25, 0.3) is 5.91 Å². The zero-order chi connectivity index (χ0) is 17.8. The van der Waals surface area contributed by atoms with E-state index < -0.39 is 11.9 Å². The summed E-state index contributed by atoms with van der Waals surface area (Å²) >= 11 is 2.21. The minimum atomic E-state index is -0.786. The lowest BCUT2D eigenvalue weighted by molar-refractivity contribution is -0.119. The molecule has 0 aliphatic carbocycles. The molecule has 0 radical (unpaired) electrons. The molecule has 0 saturated heterocycles. The van der Waals surface area contributed by atoms with Gasteiger partial charge in [0.1, 0.15) is 6.04 Å². The molecular weight excluding hydrogens is 429 g/mol. The van der Waals surface area contributed by atoms with Crippen LogP contribution >= 0.6 is 22.6 Å². The normalized spacial score (nSPS) is 11.9. The highest BCUT2D eigenvalue weighted by Gasteiger charge is 2.21. The molecule has 0 aliphatic heterocycles. The SMILES string of the molecule is NC(=O)[C@@H](Cc1ccc(I)cc1)NC(=O)c1cccc2cccnc12. The van der Waals surface area contributed by atoms with Crippen LogP contribution in [0.15, 0.2) is 60.8 Å². The molecule has 0 fully saturated rings. The summed E-state index contributed by atoms with van der Waals surface area (Å²) in [5.41, 5.74) is 7.43. The fraction of sp³-hybridized carbons (Fsp3) is 0.105. The number of primary amides is 1. The Bertz CT molecular complexity index is 920. The van der Waals surface area contributed by atoms with Gasteiger partial charge in [-0.15, -0.1) is 0 Å². The summed E-state index contributed by atoms with van der Waals surface area (Å²) in [4.78, 5) is 28.7. The Hall–Kier alpha value is -2.48. The van der Waals surface area contributed by atoms with Crippen molar-refractivity contribution < 1.29 is 9.59 Å². The zero-order valence-corrected chi connectivity index (χ0v) is 15.4. The van der Waals surface area contributed by atoms with E-state index in [-0.39, 0.29) is 5.91 Å². The molecule has 2 aromatic carbocycles. The van der Waals surface area contributed by atoms with Crippen molar-refractivity contribution >= 4 is 45.3 Å². The molecule has 3 aromatic rings. The first-order valence-electron chi connectivity index (χ1n) is 7.73. The second-order valence-corrected chi connectivity index (χ2v) is 6.89. The number of benzene rings is 2. The molecule has 0 bridgehead atoms. The highest BCUT2D eigenvalue weighted by atomic mass is 127. The van der Waals surface area contributed by atoms with Gasteiger partial charge in [-0.3, -0.25) is 14.6 Å². The second kappa shape index (κ2) is 7.60. The standard InChI is InChI=1S/C19H16IN3O2/c20-14-8-6-12(7-9-14)11-16(18(21)24)23-19(25)15-5-1-3-13-4-2-10-22-17(13)15/h1-10,16H,11H2,(H2,21,24)(H,23,25)/t16-/m1/s1. The van der Waals surface area contributed by atoms with E-state index in [4.69, 9.17) is 5.73 Å². The highest BCUT2D eigenvalue weighted by molar-refractivity contribution is 14.1. The lowest BCUT2D eigenvalue weighted by atomic mass is 10.0. The van der Waals surface area contributed by atoms with E-state index >= 15 is 0 Å². The molecule has 2 amide bonds. The molecule has 3 N–H and O–H groups in total. The topological polar surface area (TPSA) is 85.1 Å². The van der Waals surface area contributed by atoms with Gasteiger partial charge in [0.2, 0.25) is 5.91 Å². The number of fused-ring (bicyclic) bond motifs is 1. The average Bonchev–Trinajstić information content (AvgIpc) is 2.62. The Labute approximate surface area is 158 Å². The Kier molecular flexibility index (Phi) is 5.28. The van der Waals surface area contributed by atoms with Crippen LogP contribution in [0.5, 0.6) is 0 Å². The number of rotatable bonds is 5. The van der Waals surface area contributed by atoms with Gasteiger partial charge in [-0.25, -0.2) is 0 Å². The molecule has 0 saturated carbocycles. The molecular formula is C19H16IN3O2. The van der Waals surface area contributed by atoms with E-state index in [9.17, 15) is 9.59 Å². The van der Waals surface area contributed by atoms with E-state index in [0.717, 1.165) is 14.5 Å². The van der Waals surface area contributed by atoms with Gasteiger partial charge in [0.05, 0.1) is 11.1 Å². The van der Waals surface area contributed by atoms with Gasteiger partial charge in [-0.05, 0) is 52.4 Å². The van der Waals surface area contributed by atoms with Crippen LogP contribution in [0.4, 0.5) is 0 Å². The van der Waals surface area contributed by atoms with Crippen molar-refractivity contribution in [1.29, 1.82) is 0 Å². The summed E-state index contributed by atoms with van der Waals surface area (Å²) in [5, 5.41) is 3.60. The Morgan fingerprint density at radius 3 is 2.52 bits per heavy atom. The second-order valence-electron chi connectivity index (χ2n) is 5.64. The maximum absolute atomic E-state index is 12.7. The number of aromatic nitrogens is 1. The molecule has 5 nitrogen and oxygen atoms in total. The van der Waals surface area contributed by atoms with Crippen LogP contribution < -0.4 is 11.1 Å². The number of nitrogens with zero attached hydrogens (tertiary/aromatic N) is 1. The van der Waals surface area contributed by atoms with Crippen LogP contribution in [-0.2, 0) is 11.2 Å². The van der Waals surface area contributed by atoms with Gasteiger partial charge in [-0.1, -0.05) is 30.3 Å². The lowest BCUT2D eigenvalue weighted by Gasteiger charge is -2.16. The van der Waals surface area contributed by atoms with Crippen LogP contribution in [0.1, 0.15) is 15.9 Å². The minimum absolute atomic E-state index is 0.343. The molecule has 1 heterocycles. The number of hydrogen-bond donors (Lipinski definition) is 2. The van der Waals surface area contributed by atoms with Crippen molar-refractivity contribution in [2.24, 2.45) is 5.73 Å².